The lowest BCUT2D eigenvalue weighted by atomic mass is 10.1. The van der Waals surface area contributed by atoms with Crippen molar-refractivity contribution in [1.82, 2.24) is 20.1 Å². The number of carbonyl (C=O) groups is 2. The maximum Gasteiger partial charge on any atom is 0.264 e. The van der Waals surface area contributed by atoms with Crippen molar-refractivity contribution in [2.45, 2.75) is 26.3 Å². The van der Waals surface area contributed by atoms with Crippen LogP contribution in [-0.2, 0) is 16.1 Å². The van der Waals surface area contributed by atoms with Gasteiger partial charge in [0.1, 0.15) is 16.9 Å². The van der Waals surface area contributed by atoms with E-state index < -0.39 is 11.3 Å². The fourth-order valence-electron chi connectivity index (χ4n) is 3.98. The number of amides is 2. The first-order chi connectivity index (χ1) is 15.9. The van der Waals surface area contributed by atoms with Crippen LogP contribution < -0.4 is 15.8 Å². The van der Waals surface area contributed by atoms with Gasteiger partial charge in [0.15, 0.2) is 0 Å². The number of hydrogen-bond acceptors (Lipinski definition) is 6. The molecule has 0 radical (unpaired) electrons. The predicted octanol–water partition coefficient (Wildman–Crippen LogP) is 2.88. The third-order valence-electron chi connectivity index (χ3n) is 6.06. The largest absolute Gasteiger partial charge is 0.497 e. The van der Waals surface area contributed by atoms with E-state index in [9.17, 15) is 9.59 Å². The second-order valence-electron chi connectivity index (χ2n) is 8.21. The average Bonchev–Trinajstić information content (AvgIpc) is 3.40. The van der Waals surface area contributed by atoms with Crippen molar-refractivity contribution < 1.29 is 18.7 Å². The Hall–Kier alpha value is -4.14. The minimum atomic E-state index is -1.03. The summed E-state index contributed by atoms with van der Waals surface area (Å²) in [5.41, 5.74) is 7.87. The van der Waals surface area contributed by atoms with Gasteiger partial charge in [-0.2, -0.15) is 0 Å². The number of nitrogens with two attached hydrogens (primary N) is 1. The molecule has 2 aromatic carbocycles. The van der Waals surface area contributed by atoms with Crippen LogP contribution in [0.5, 0.6) is 5.75 Å². The van der Waals surface area contributed by atoms with Crippen LogP contribution in [0.1, 0.15) is 24.3 Å². The van der Waals surface area contributed by atoms with E-state index in [2.05, 4.69) is 15.5 Å². The molecule has 1 saturated carbocycles. The molecule has 0 aliphatic heterocycles. The van der Waals surface area contributed by atoms with Crippen molar-refractivity contribution in [3.05, 3.63) is 60.0 Å². The van der Waals surface area contributed by atoms with Crippen molar-refractivity contribution in [1.29, 1.82) is 0 Å². The van der Waals surface area contributed by atoms with Crippen LogP contribution in [0.3, 0.4) is 0 Å². The number of nitrogens with one attached hydrogen (secondary N) is 1. The maximum absolute atomic E-state index is 12.3. The van der Waals surface area contributed by atoms with Crippen molar-refractivity contribution >= 4 is 22.7 Å². The predicted molar refractivity (Wildman–Crippen MR) is 121 cm³/mol. The fourth-order valence-corrected chi connectivity index (χ4v) is 3.98. The zero-order valence-electron chi connectivity index (χ0n) is 18.3. The second kappa shape index (κ2) is 7.77. The zero-order chi connectivity index (χ0) is 23.2. The van der Waals surface area contributed by atoms with Crippen LogP contribution in [0.4, 0.5) is 0 Å². The van der Waals surface area contributed by atoms with Crippen molar-refractivity contribution in [3.8, 4) is 23.0 Å². The van der Waals surface area contributed by atoms with Gasteiger partial charge in [0.05, 0.1) is 12.6 Å². The monoisotopic (exact) mass is 445 g/mol. The molecule has 0 unspecified atom stereocenters. The van der Waals surface area contributed by atoms with Crippen molar-refractivity contribution in [2.24, 2.45) is 11.1 Å². The van der Waals surface area contributed by atoms with Gasteiger partial charge >= 0.3 is 0 Å². The highest BCUT2D eigenvalue weighted by Crippen LogP contribution is 2.45. The SMILES string of the molecule is COc1ccc2c(c1)cc(-c1nnc(C)o1)n2-c1ccc(CNC(=O)C2(C(N)=O)CC2)cc1. The number of rotatable bonds is 7. The first-order valence-corrected chi connectivity index (χ1v) is 10.6. The summed E-state index contributed by atoms with van der Waals surface area (Å²) in [5, 5.41) is 12.0. The summed E-state index contributed by atoms with van der Waals surface area (Å²) in [5.74, 6) is 0.784. The van der Waals surface area contributed by atoms with E-state index in [4.69, 9.17) is 14.9 Å². The molecule has 1 aliphatic rings. The van der Waals surface area contributed by atoms with Gasteiger partial charge in [0, 0.05) is 24.5 Å². The third kappa shape index (κ3) is 3.61. The van der Waals surface area contributed by atoms with Gasteiger partial charge in [0.2, 0.25) is 17.7 Å². The Morgan fingerprint density at radius 3 is 2.52 bits per heavy atom. The zero-order valence-corrected chi connectivity index (χ0v) is 18.3. The molecule has 2 heterocycles. The van der Waals surface area contributed by atoms with Gasteiger partial charge in [-0.1, -0.05) is 12.1 Å². The molecule has 3 N–H and O–H groups in total. The molecule has 9 nitrogen and oxygen atoms in total. The van der Waals surface area contributed by atoms with Gasteiger partial charge in [0.25, 0.3) is 5.89 Å². The Labute approximate surface area is 189 Å². The van der Waals surface area contributed by atoms with E-state index in [1.54, 1.807) is 14.0 Å². The summed E-state index contributed by atoms with van der Waals surface area (Å²) in [6, 6.07) is 15.6. The molecule has 0 saturated heterocycles. The van der Waals surface area contributed by atoms with E-state index in [0.717, 1.165) is 33.6 Å². The number of methoxy groups -OCH3 is 1. The summed E-state index contributed by atoms with van der Waals surface area (Å²) >= 11 is 0. The number of nitrogens with zero attached hydrogens (tertiary/aromatic N) is 3. The Bertz CT molecular complexity index is 1370. The number of aromatic nitrogens is 3. The van der Waals surface area contributed by atoms with E-state index >= 15 is 0 Å². The van der Waals surface area contributed by atoms with Crippen LogP contribution in [0.15, 0.2) is 52.9 Å². The molecule has 0 bridgehead atoms. The molecule has 168 valence electrons. The molecule has 9 heteroatoms. The van der Waals surface area contributed by atoms with Crippen molar-refractivity contribution in [2.75, 3.05) is 7.11 Å². The lowest BCUT2D eigenvalue weighted by Crippen LogP contribution is -2.40. The molecule has 0 spiro atoms. The van der Waals surface area contributed by atoms with Crippen molar-refractivity contribution in [3.63, 3.8) is 0 Å². The molecule has 4 aromatic rings. The first-order valence-electron chi connectivity index (χ1n) is 10.6. The first kappa shape index (κ1) is 20.7. The quantitative estimate of drug-likeness (QED) is 0.422. The van der Waals surface area contributed by atoms with Gasteiger partial charge in [-0.05, 0) is 54.8 Å². The molecule has 0 atom stereocenters. The van der Waals surface area contributed by atoms with E-state index in [-0.39, 0.29) is 5.91 Å². The summed E-state index contributed by atoms with van der Waals surface area (Å²) in [6.07, 6.45) is 1.02. The Morgan fingerprint density at radius 2 is 1.91 bits per heavy atom. The topological polar surface area (TPSA) is 125 Å². The highest BCUT2D eigenvalue weighted by molar-refractivity contribution is 6.07. The maximum atomic E-state index is 12.3. The third-order valence-corrected chi connectivity index (χ3v) is 6.06. The Balaban J connectivity index is 1.46. The fraction of sp³-hybridized carbons (Fsp3) is 0.250. The summed E-state index contributed by atoms with van der Waals surface area (Å²) in [4.78, 5) is 23.9. The van der Waals surface area contributed by atoms with Crippen LogP contribution in [-0.4, -0.2) is 33.7 Å². The molecule has 5 rings (SSSR count). The molecular weight excluding hydrogens is 422 g/mol. The second-order valence-corrected chi connectivity index (χ2v) is 8.21. The smallest absolute Gasteiger partial charge is 0.264 e. The summed E-state index contributed by atoms with van der Waals surface area (Å²) < 4.78 is 13.1. The van der Waals surface area contributed by atoms with E-state index in [1.165, 1.54) is 0 Å². The number of fused-ring (bicyclic) bond motifs is 1. The minimum Gasteiger partial charge on any atom is -0.497 e. The average molecular weight is 445 g/mol. The number of hydrogen-bond donors (Lipinski definition) is 2. The highest BCUT2D eigenvalue weighted by atomic mass is 16.5. The van der Waals surface area contributed by atoms with Gasteiger partial charge < -0.3 is 24.8 Å². The molecule has 1 aliphatic carbocycles. The summed E-state index contributed by atoms with van der Waals surface area (Å²) in [6.45, 7) is 2.06. The highest BCUT2D eigenvalue weighted by Gasteiger charge is 2.55. The van der Waals surface area contributed by atoms with E-state index in [0.29, 0.717) is 31.2 Å². The van der Waals surface area contributed by atoms with Gasteiger partial charge in [-0.15, -0.1) is 10.2 Å². The molecule has 2 aromatic heterocycles. The lowest BCUT2D eigenvalue weighted by Gasteiger charge is -2.13. The van der Waals surface area contributed by atoms with E-state index in [1.807, 2.05) is 53.1 Å². The molecule has 2 amide bonds. The van der Waals surface area contributed by atoms with Crippen LogP contribution >= 0.6 is 0 Å². The van der Waals surface area contributed by atoms with Crippen LogP contribution in [0, 0.1) is 12.3 Å². The lowest BCUT2D eigenvalue weighted by molar-refractivity contribution is -0.135. The van der Waals surface area contributed by atoms with Crippen LogP contribution in [0.25, 0.3) is 28.2 Å². The molecule has 33 heavy (non-hydrogen) atoms. The van der Waals surface area contributed by atoms with Gasteiger partial charge in [-0.25, -0.2) is 0 Å². The molecule has 1 fully saturated rings. The Morgan fingerprint density at radius 1 is 1.15 bits per heavy atom. The minimum absolute atomic E-state index is 0.307. The standard InChI is InChI=1S/C24H23N5O4/c1-14-27-28-21(33-14)20-12-16-11-18(32-2)7-8-19(16)29(20)17-5-3-15(4-6-17)13-26-23(31)24(9-10-24)22(25)30/h3-8,11-12H,9-10,13H2,1-2H3,(H2,25,30)(H,26,31). The van der Waals surface area contributed by atoms with Gasteiger partial charge in [-0.3, -0.25) is 9.59 Å². The summed E-state index contributed by atoms with van der Waals surface area (Å²) in [7, 11) is 1.63. The Kier molecular flexibility index (Phi) is 4.88. The number of benzene rings is 2. The van der Waals surface area contributed by atoms with Crippen LogP contribution in [0.2, 0.25) is 0 Å². The number of primary amides is 1. The molecular formula is C24H23N5O4. The number of carbonyl (C=O) groups excluding carboxylic acids is 2. The number of aryl methyl sites for hydroxylation is 1. The normalized spacial score (nSPS) is 14.2. The number of ether oxygens (including phenoxy) is 1.